The molecule has 0 heterocycles. The number of nitrogen functional groups attached to an aromatic ring is 2. The van der Waals surface area contributed by atoms with Crippen LogP contribution in [0.4, 0.5) is 11.4 Å². The topological polar surface area (TPSA) is 116 Å². The van der Waals surface area contributed by atoms with Crippen molar-refractivity contribution in [1.82, 2.24) is 0 Å². The highest BCUT2D eigenvalue weighted by molar-refractivity contribution is 7.85. The molecule has 0 saturated carbocycles. The minimum atomic E-state index is -4.02. The SMILES string of the molecule is Cc1cc(N)cc(N)c1OCCS(=O)(=O)O. The summed E-state index contributed by atoms with van der Waals surface area (Å²) in [5.74, 6) is -0.0890. The highest BCUT2D eigenvalue weighted by atomic mass is 32.2. The van der Waals surface area contributed by atoms with Crippen LogP contribution in [0.5, 0.6) is 5.75 Å². The summed E-state index contributed by atoms with van der Waals surface area (Å²) in [6.45, 7) is 1.59. The first-order chi connectivity index (χ1) is 7.29. The van der Waals surface area contributed by atoms with Crippen molar-refractivity contribution in [2.75, 3.05) is 23.8 Å². The van der Waals surface area contributed by atoms with Gasteiger partial charge >= 0.3 is 0 Å². The second-order valence-corrected chi connectivity index (χ2v) is 4.96. The zero-order valence-electron chi connectivity index (χ0n) is 8.80. The Labute approximate surface area is 93.9 Å². The molecule has 7 heteroatoms. The standard InChI is InChI=1S/C9H14N2O4S/c1-6-4-7(10)5-8(11)9(6)15-2-3-16(12,13)14/h4-5H,2-3,10-11H2,1H3,(H,12,13,14). The van der Waals surface area contributed by atoms with Gasteiger partial charge in [-0.3, -0.25) is 4.55 Å². The minimum absolute atomic E-state index is 0.159. The van der Waals surface area contributed by atoms with Crippen LogP contribution in [0.2, 0.25) is 0 Å². The highest BCUT2D eigenvalue weighted by Gasteiger charge is 2.09. The third-order valence-corrected chi connectivity index (χ3v) is 2.60. The lowest BCUT2D eigenvalue weighted by Crippen LogP contribution is -2.13. The fourth-order valence-electron chi connectivity index (χ4n) is 1.28. The quantitative estimate of drug-likeness (QED) is 0.524. The van der Waals surface area contributed by atoms with Gasteiger partial charge in [0.05, 0.1) is 5.69 Å². The van der Waals surface area contributed by atoms with Gasteiger partial charge in [-0.25, -0.2) is 0 Å². The van der Waals surface area contributed by atoms with E-state index < -0.39 is 15.9 Å². The van der Waals surface area contributed by atoms with E-state index >= 15 is 0 Å². The van der Waals surface area contributed by atoms with E-state index in [2.05, 4.69) is 0 Å². The van der Waals surface area contributed by atoms with Crippen LogP contribution in [-0.4, -0.2) is 25.3 Å². The number of hydrogen-bond acceptors (Lipinski definition) is 5. The van der Waals surface area contributed by atoms with Gasteiger partial charge in [-0.1, -0.05) is 0 Å². The van der Waals surface area contributed by atoms with Crippen LogP contribution in [0.3, 0.4) is 0 Å². The third-order valence-electron chi connectivity index (χ3n) is 1.91. The Hall–Kier alpha value is -1.47. The van der Waals surface area contributed by atoms with E-state index in [1.165, 1.54) is 6.07 Å². The van der Waals surface area contributed by atoms with E-state index in [-0.39, 0.29) is 6.61 Å². The van der Waals surface area contributed by atoms with E-state index in [1.807, 2.05) is 0 Å². The molecule has 1 aromatic carbocycles. The van der Waals surface area contributed by atoms with Crippen molar-refractivity contribution >= 4 is 21.5 Å². The molecule has 0 bridgehead atoms. The van der Waals surface area contributed by atoms with E-state index in [9.17, 15) is 8.42 Å². The lowest BCUT2D eigenvalue weighted by Gasteiger charge is -2.11. The summed E-state index contributed by atoms with van der Waals surface area (Å²) in [7, 11) is -4.02. The normalized spacial score (nSPS) is 11.4. The molecule has 90 valence electrons. The van der Waals surface area contributed by atoms with E-state index in [1.54, 1.807) is 13.0 Å². The van der Waals surface area contributed by atoms with Gasteiger partial charge in [-0.2, -0.15) is 8.42 Å². The summed E-state index contributed by atoms with van der Waals surface area (Å²) >= 11 is 0. The maximum atomic E-state index is 10.5. The van der Waals surface area contributed by atoms with Crippen molar-refractivity contribution in [2.24, 2.45) is 0 Å². The van der Waals surface area contributed by atoms with Crippen LogP contribution in [0.25, 0.3) is 0 Å². The van der Waals surface area contributed by atoms with Crippen LogP contribution in [-0.2, 0) is 10.1 Å². The second-order valence-electron chi connectivity index (χ2n) is 3.39. The molecule has 0 aromatic heterocycles. The Morgan fingerprint density at radius 1 is 1.38 bits per heavy atom. The van der Waals surface area contributed by atoms with E-state index in [0.717, 1.165) is 0 Å². The van der Waals surface area contributed by atoms with Crippen LogP contribution in [0, 0.1) is 6.92 Å². The van der Waals surface area contributed by atoms with Gasteiger partial charge in [0.25, 0.3) is 10.1 Å². The Morgan fingerprint density at radius 2 is 2.00 bits per heavy atom. The first kappa shape index (κ1) is 12.6. The Bertz CT molecular complexity index is 461. The van der Waals surface area contributed by atoms with Gasteiger partial charge in [0.1, 0.15) is 18.1 Å². The molecular formula is C9H14N2O4S. The zero-order chi connectivity index (χ0) is 12.3. The monoisotopic (exact) mass is 246 g/mol. The molecule has 0 unspecified atom stereocenters. The third kappa shape index (κ3) is 3.59. The fraction of sp³-hybridized carbons (Fsp3) is 0.333. The van der Waals surface area contributed by atoms with Gasteiger partial charge < -0.3 is 16.2 Å². The van der Waals surface area contributed by atoms with Crippen molar-refractivity contribution in [3.8, 4) is 5.75 Å². The van der Waals surface area contributed by atoms with Gasteiger partial charge in [-0.05, 0) is 24.6 Å². The summed E-state index contributed by atoms with van der Waals surface area (Å²) in [6, 6.07) is 3.19. The molecule has 0 aliphatic heterocycles. The largest absolute Gasteiger partial charge is 0.490 e. The van der Waals surface area contributed by atoms with Gasteiger partial charge in [0.15, 0.2) is 0 Å². The summed E-state index contributed by atoms with van der Waals surface area (Å²) in [4.78, 5) is 0. The first-order valence-electron chi connectivity index (χ1n) is 4.53. The lowest BCUT2D eigenvalue weighted by molar-refractivity contribution is 0.335. The average Bonchev–Trinajstić information content (AvgIpc) is 2.07. The molecule has 0 fully saturated rings. The molecule has 0 spiro atoms. The molecule has 0 aliphatic carbocycles. The van der Waals surface area contributed by atoms with E-state index in [0.29, 0.717) is 22.7 Å². The first-order valence-corrected chi connectivity index (χ1v) is 6.14. The van der Waals surface area contributed by atoms with Crippen LogP contribution in [0.15, 0.2) is 12.1 Å². The van der Waals surface area contributed by atoms with Crippen molar-refractivity contribution in [3.63, 3.8) is 0 Å². The van der Waals surface area contributed by atoms with E-state index in [4.69, 9.17) is 20.8 Å². The van der Waals surface area contributed by atoms with Crippen LogP contribution in [0.1, 0.15) is 5.56 Å². The predicted molar refractivity (Wildman–Crippen MR) is 61.9 cm³/mol. The summed E-state index contributed by atoms with van der Waals surface area (Å²) in [6.07, 6.45) is 0. The molecular weight excluding hydrogens is 232 g/mol. The molecule has 5 N–H and O–H groups in total. The molecule has 6 nitrogen and oxygen atoms in total. The van der Waals surface area contributed by atoms with Gasteiger partial charge in [-0.15, -0.1) is 0 Å². The Kier molecular flexibility index (Phi) is 3.61. The number of rotatable bonds is 4. The van der Waals surface area contributed by atoms with Crippen LogP contribution >= 0.6 is 0 Å². The Morgan fingerprint density at radius 3 is 2.50 bits per heavy atom. The number of hydrogen-bond donors (Lipinski definition) is 3. The molecule has 1 rings (SSSR count). The lowest BCUT2D eigenvalue weighted by atomic mass is 10.1. The van der Waals surface area contributed by atoms with Crippen molar-refractivity contribution in [2.45, 2.75) is 6.92 Å². The number of ether oxygens (including phenoxy) is 1. The van der Waals surface area contributed by atoms with Crippen molar-refractivity contribution < 1.29 is 17.7 Å². The van der Waals surface area contributed by atoms with Crippen molar-refractivity contribution in [3.05, 3.63) is 17.7 Å². The molecule has 16 heavy (non-hydrogen) atoms. The second kappa shape index (κ2) is 4.58. The number of aryl methyl sites for hydroxylation is 1. The number of nitrogens with two attached hydrogens (primary N) is 2. The maximum absolute atomic E-state index is 10.5. The van der Waals surface area contributed by atoms with Gasteiger partial charge in [0, 0.05) is 5.69 Å². The minimum Gasteiger partial charge on any atom is -0.490 e. The fourth-order valence-corrected chi connectivity index (χ4v) is 1.57. The molecule has 0 saturated heterocycles. The maximum Gasteiger partial charge on any atom is 0.268 e. The van der Waals surface area contributed by atoms with Crippen LogP contribution < -0.4 is 16.2 Å². The zero-order valence-corrected chi connectivity index (χ0v) is 9.62. The average molecular weight is 246 g/mol. The Balaban J connectivity index is 2.75. The number of benzene rings is 1. The summed E-state index contributed by atoms with van der Waals surface area (Å²) in [5, 5.41) is 0. The highest BCUT2D eigenvalue weighted by Crippen LogP contribution is 2.28. The molecule has 1 aromatic rings. The molecule has 0 radical (unpaired) electrons. The summed E-state index contributed by atoms with van der Waals surface area (Å²) < 4.78 is 34.6. The molecule has 0 amide bonds. The predicted octanol–water partition coefficient (Wildman–Crippen LogP) is 0.426. The van der Waals surface area contributed by atoms with Crippen molar-refractivity contribution in [1.29, 1.82) is 0 Å². The smallest absolute Gasteiger partial charge is 0.268 e. The summed E-state index contributed by atoms with van der Waals surface area (Å²) in [5.41, 5.74) is 12.8. The molecule has 0 aliphatic rings. The number of anilines is 2. The molecule has 0 atom stereocenters. The van der Waals surface area contributed by atoms with Gasteiger partial charge in [0.2, 0.25) is 0 Å².